The minimum atomic E-state index is -0.439. The van der Waals surface area contributed by atoms with Crippen molar-refractivity contribution in [2.45, 2.75) is 6.42 Å². The zero-order chi connectivity index (χ0) is 13.4. The van der Waals surface area contributed by atoms with Crippen LogP contribution in [0.2, 0.25) is 0 Å². The maximum absolute atomic E-state index is 11.8. The molecule has 1 aromatic heterocycles. The number of para-hydroxylation sites is 1. The number of imide groups is 1. The predicted molar refractivity (Wildman–Crippen MR) is 69.2 cm³/mol. The molecule has 6 heteroatoms. The van der Waals surface area contributed by atoms with Gasteiger partial charge in [-0.05, 0) is 12.1 Å². The molecule has 1 aliphatic rings. The van der Waals surface area contributed by atoms with E-state index in [0.29, 0.717) is 23.4 Å². The van der Waals surface area contributed by atoms with Gasteiger partial charge < -0.3 is 4.98 Å². The van der Waals surface area contributed by atoms with Crippen molar-refractivity contribution in [3.8, 4) is 0 Å². The highest BCUT2D eigenvalue weighted by Crippen LogP contribution is 2.27. The number of anilines is 1. The minimum absolute atomic E-state index is 0.267. The van der Waals surface area contributed by atoms with Gasteiger partial charge in [-0.2, -0.15) is 0 Å². The minimum Gasteiger partial charge on any atom is -0.351 e. The first-order valence-electron chi connectivity index (χ1n) is 5.87. The molecule has 0 saturated carbocycles. The van der Waals surface area contributed by atoms with Crippen LogP contribution in [-0.4, -0.2) is 29.8 Å². The third-order valence-corrected chi connectivity index (χ3v) is 3.13. The number of aromatic nitrogens is 1. The van der Waals surface area contributed by atoms with Crippen LogP contribution in [0, 0.1) is 0 Å². The third-order valence-electron chi connectivity index (χ3n) is 3.13. The normalized spacial score (nSPS) is 15.7. The molecule has 0 radical (unpaired) electrons. The number of carbonyl (C=O) groups excluding carboxylic acids is 3. The molecule has 1 saturated heterocycles. The van der Waals surface area contributed by atoms with Crippen LogP contribution in [0.15, 0.2) is 24.3 Å². The van der Waals surface area contributed by atoms with E-state index < -0.39 is 6.03 Å². The second-order valence-corrected chi connectivity index (χ2v) is 4.34. The number of rotatable bonds is 2. The summed E-state index contributed by atoms with van der Waals surface area (Å²) in [6.45, 7) is 0.333. The Labute approximate surface area is 108 Å². The molecule has 6 nitrogen and oxygen atoms in total. The van der Waals surface area contributed by atoms with E-state index >= 15 is 0 Å². The lowest BCUT2D eigenvalue weighted by Gasteiger charge is -2.26. The number of hydrogen-bond acceptors (Lipinski definition) is 3. The van der Waals surface area contributed by atoms with Gasteiger partial charge in [0.2, 0.25) is 5.91 Å². The molecule has 1 aliphatic heterocycles. The fraction of sp³-hybridized carbons (Fsp3) is 0.154. The highest BCUT2D eigenvalue weighted by molar-refractivity contribution is 6.09. The second-order valence-electron chi connectivity index (χ2n) is 4.34. The van der Waals surface area contributed by atoms with Gasteiger partial charge in [0.05, 0.1) is 16.9 Å². The van der Waals surface area contributed by atoms with Crippen LogP contribution in [-0.2, 0) is 4.79 Å². The van der Waals surface area contributed by atoms with Crippen molar-refractivity contribution in [3.63, 3.8) is 0 Å². The largest absolute Gasteiger partial charge is 0.351 e. The molecule has 3 rings (SSSR count). The molecular formula is C13H11N3O3. The van der Waals surface area contributed by atoms with E-state index in [1.807, 2.05) is 12.1 Å². The monoisotopic (exact) mass is 257 g/mol. The Kier molecular flexibility index (Phi) is 2.56. The number of benzene rings is 1. The Morgan fingerprint density at radius 2 is 2.11 bits per heavy atom. The molecule has 1 aromatic carbocycles. The summed E-state index contributed by atoms with van der Waals surface area (Å²) < 4.78 is 0. The predicted octanol–water partition coefficient (Wildman–Crippen LogP) is 1.43. The molecule has 3 amide bonds. The van der Waals surface area contributed by atoms with Crippen LogP contribution < -0.4 is 10.2 Å². The van der Waals surface area contributed by atoms with Gasteiger partial charge in [0, 0.05) is 18.4 Å². The number of aromatic amines is 1. The molecule has 0 aliphatic carbocycles. The van der Waals surface area contributed by atoms with Gasteiger partial charge in [-0.3, -0.25) is 19.8 Å². The smallest absolute Gasteiger partial charge is 0.328 e. The number of amides is 3. The molecule has 0 unspecified atom stereocenters. The Morgan fingerprint density at radius 3 is 2.84 bits per heavy atom. The summed E-state index contributed by atoms with van der Waals surface area (Å²) >= 11 is 0. The molecule has 2 heterocycles. The maximum Gasteiger partial charge on any atom is 0.328 e. The zero-order valence-electron chi connectivity index (χ0n) is 9.97. The molecular weight excluding hydrogens is 246 g/mol. The van der Waals surface area contributed by atoms with Crippen molar-refractivity contribution in [2.75, 3.05) is 11.4 Å². The van der Waals surface area contributed by atoms with Gasteiger partial charge in [-0.15, -0.1) is 0 Å². The summed E-state index contributed by atoms with van der Waals surface area (Å²) in [6.07, 6.45) is 0.993. The van der Waals surface area contributed by atoms with E-state index in [-0.39, 0.29) is 12.3 Å². The molecule has 2 aromatic rings. The Balaban J connectivity index is 2.09. The molecule has 96 valence electrons. The van der Waals surface area contributed by atoms with E-state index in [2.05, 4.69) is 10.3 Å². The third kappa shape index (κ3) is 1.87. The summed E-state index contributed by atoms with van der Waals surface area (Å²) in [5.74, 6) is -0.270. The van der Waals surface area contributed by atoms with Crippen LogP contribution >= 0.6 is 0 Å². The lowest BCUT2D eigenvalue weighted by atomic mass is 10.2. The lowest BCUT2D eigenvalue weighted by Crippen LogP contribution is -2.49. The van der Waals surface area contributed by atoms with E-state index in [1.54, 1.807) is 12.1 Å². The van der Waals surface area contributed by atoms with Gasteiger partial charge >= 0.3 is 6.03 Å². The van der Waals surface area contributed by atoms with Gasteiger partial charge in [-0.1, -0.05) is 12.1 Å². The van der Waals surface area contributed by atoms with Gasteiger partial charge in [0.15, 0.2) is 6.29 Å². The summed E-state index contributed by atoms with van der Waals surface area (Å²) in [6, 6.07) is 6.73. The van der Waals surface area contributed by atoms with E-state index in [4.69, 9.17) is 0 Å². The summed E-state index contributed by atoms with van der Waals surface area (Å²) in [5.41, 5.74) is 1.83. The quantitative estimate of drug-likeness (QED) is 0.798. The number of nitrogens with one attached hydrogen (secondary N) is 2. The van der Waals surface area contributed by atoms with Gasteiger partial charge in [0.1, 0.15) is 0 Å². The molecule has 1 fully saturated rings. The van der Waals surface area contributed by atoms with E-state index in [0.717, 1.165) is 11.7 Å². The molecule has 2 N–H and O–H groups in total. The fourth-order valence-electron chi connectivity index (χ4n) is 2.24. The van der Waals surface area contributed by atoms with Crippen LogP contribution in [0.1, 0.15) is 16.9 Å². The van der Waals surface area contributed by atoms with Crippen molar-refractivity contribution in [1.82, 2.24) is 10.3 Å². The van der Waals surface area contributed by atoms with Gasteiger partial charge in [-0.25, -0.2) is 4.79 Å². The van der Waals surface area contributed by atoms with Gasteiger partial charge in [0.25, 0.3) is 0 Å². The van der Waals surface area contributed by atoms with Crippen LogP contribution in [0.4, 0.5) is 10.5 Å². The van der Waals surface area contributed by atoms with Crippen molar-refractivity contribution >= 4 is 34.8 Å². The number of hydrogen-bond donors (Lipinski definition) is 2. The summed E-state index contributed by atoms with van der Waals surface area (Å²) in [7, 11) is 0. The van der Waals surface area contributed by atoms with Crippen LogP contribution in [0.25, 0.3) is 10.9 Å². The lowest BCUT2D eigenvalue weighted by molar-refractivity contribution is -0.120. The first-order valence-corrected chi connectivity index (χ1v) is 5.87. The number of aldehydes is 1. The van der Waals surface area contributed by atoms with Crippen molar-refractivity contribution in [2.24, 2.45) is 0 Å². The van der Waals surface area contributed by atoms with Crippen molar-refractivity contribution in [3.05, 3.63) is 30.0 Å². The van der Waals surface area contributed by atoms with Crippen LogP contribution in [0.5, 0.6) is 0 Å². The summed E-state index contributed by atoms with van der Waals surface area (Å²) in [4.78, 5) is 38.3. The number of fused-ring (bicyclic) bond motifs is 1. The topological polar surface area (TPSA) is 82.3 Å². The summed E-state index contributed by atoms with van der Waals surface area (Å²) in [5, 5.41) is 3.13. The highest BCUT2D eigenvalue weighted by Gasteiger charge is 2.25. The average Bonchev–Trinajstić information content (AvgIpc) is 2.82. The molecule has 0 spiro atoms. The number of H-pyrrole nitrogens is 1. The highest BCUT2D eigenvalue weighted by atomic mass is 16.2. The average molecular weight is 257 g/mol. The van der Waals surface area contributed by atoms with Crippen molar-refractivity contribution in [1.29, 1.82) is 0 Å². The standard InChI is InChI=1S/C13H11N3O3/c17-7-9-6-8-2-1-3-10(12(8)14-9)16-5-4-11(18)15-13(16)19/h1-3,6-7,14H,4-5H2,(H,15,18,19). The molecule has 0 bridgehead atoms. The zero-order valence-corrected chi connectivity index (χ0v) is 9.97. The first-order chi connectivity index (χ1) is 9.19. The number of nitrogens with zero attached hydrogens (tertiary/aromatic N) is 1. The molecule has 0 atom stereocenters. The Hall–Kier alpha value is -2.63. The second kappa shape index (κ2) is 4.24. The maximum atomic E-state index is 11.8. The SMILES string of the molecule is O=Cc1cc2cccc(N3CCC(=O)NC3=O)c2[nH]1. The Bertz CT molecular complexity index is 689. The first kappa shape index (κ1) is 11.5. The van der Waals surface area contributed by atoms with E-state index in [9.17, 15) is 14.4 Å². The van der Waals surface area contributed by atoms with Crippen LogP contribution in [0.3, 0.4) is 0 Å². The van der Waals surface area contributed by atoms with E-state index in [1.165, 1.54) is 4.90 Å². The number of urea groups is 1. The van der Waals surface area contributed by atoms with Crippen molar-refractivity contribution < 1.29 is 14.4 Å². The number of carbonyl (C=O) groups is 3. The fourth-order valence-corrected chi connectivity index (χ4v) is 2.24. The Morgan fingerprint density at radius 1 is 1.26 bits per heavy atom. The molecule has 19 heavy (non-hydrogen) atoms.